The number of aliphatic imine (C=N–C) groups is 1. The molecule has 0 heterocycles. The van der Waals surface area contributed by atoms with Gasteiger partial charge in [-0.2, -0.15) is 8.42 Å². The molecule has 0 fully saturated rings. The van der Waals surface area contributed by atoms with Gasteiger partial charge in [0.25, 0.3) is 0 Å². The first-order chi connectivity index (χ1) is 14.2. The van der Waals surface area contributed by atoms with Crippen LogP contribution < -0.4 is 8.92 Å². The van der Waals surface area contributed by atoms with Crippen molar-refractivity contribution in [2.45, 2.75) is 18.7 Å². The maximum atomic E-state index is 12.7. The zero-order chi connectivity index (χ0) is 21.9. The molecule has 30 heavy (non-hydrogen) atoms. The van der Waals surface area contributed by atoms with Gasteiger partial charge in [-0.1, -0.05) is 35.4 Å². The fraction of sp³-hybridized carbons (Fsp3) is 0.136. The Morgan fingerprint density at radius 3 is 2.40 bits per heavy atom. The van der Waals surface area contributed by atoms with E-state index < -0.39 is 10.1 Å². The lowest BCUT2D eigenvalue weighted by Crippen LogP contribution is -2.11. The Balaban J connectivity index is 1.93. The lowest BCUT2D eigenvalue weighted by Gasteiger charge is -2.13. The first-order valence-corrected chi connectivity index (χ1v) is 11.7. The number of hydrogen-bond donors (Lipinski definition) is 0. The van der Waals surface area contributed by atoms with E-state index in [9.17, 15) is 8.42 Å². The smallest absolute Gasteiger partial charge is 0.339 e. The van der Waals surface area contributed by atoms with Gasteiger partial charge in [-0.3, -0.25) is 4.99 Å². The zero-order valence-corrected chi connectivity index (χ0v) is 20.2. The fourth-order valence-electron chi connectivity index (χ4n) is 2.62. The van der Waals surface area contributed by atoms with Crippen LogP contribution in [0.25, 0.3) is 0 Å². The summed E-state index contributed by atoms with van der Waals surface area (Å²) in [4.78, 5) is 4.56. The van der Waals surface area contributed by atoms with Crippen LogP contribution in [0.5, 0.6) is 11.5 Å². The highest BCUT2D eigenvalue weighted by Crippen LogP contribution is 2.36. The monoisotopic (exact) mass is 555 g/mol. The number of nitrogens with zero attached hydrogens (tertiary/aromatic N) is 1. The quantitative estimate of drug-likeness (QED) is 0.210. The second-order valence-corrected chi connectivity index (χ2v) is 9.72. The maximum Gasteiger partial charge on any atom is 0.339 e. The third-order valence-corrected chi connectivity index (χ3v) is 6.55. The number of aryl methyl sites for hydroxylation is 2. The van der Waals surface area contributed by atoms with E-state index in [1.165, 1.54) is 19.2 Å². The summed E-state index contributed by atoms with van der Waals surface area (Å²) >= 11 is 8.06. The van der Waals surface area contributed by atoms with E-state index in [-0.39, 0.29) is 10.6 Å². The molecular weight excluding hydrogens is 537 g/mol. The van der Waals surface area contributed by atoms with Crippen LogP contribution in [0.4, 0.5) is 5.69 Å². The molecule has 0 aromatic heterocycles. The van der Waals surface area contributed by atoms with Crippen LogP contribution in [0.1, 0.15) is 16.7 Å². The third kappa shape index (κ3) is 5.33. The van der Waals surface area contributed by atoms with Crippen LogP contribution in [0.2, 0.25) is 5.02 Å². The molecule has 0 amide bonds. The molecule has 0 bridgehead atoms. The molecule has 0 aliphatic heterocycles. The Labute approximate surface area is 195 Å². The molecule has 8 heteroatoms. The number of rotatable bonds is 6. The molecule has 0 saturated heterocycles. The van der Waals surface area contributed by atoms with Crippen molar-refractivity contribution in [3.05, 3.63) is 79.9 Å². The van der Waals surface area contributed by atoms with E-state index in [2.05, 4.69) is 4.99 Å². The largest absolute Gasteiger partial charge is 0.493 e. The van der Waals surface area contributed by atoms with E-state index in [0.29, 0.717) is 14.3 Å². The summed E-state index contributed by atoms with van der Waals surface area (Å²) in [6.07, 6.45) is 1.67. The highest BCUT2D eigenvalue weighted by Gasteiger charge is 2.21. The minimum atomic E-state index is -4.00. The summed E-state index contributed by atoms with van der Waals surface area (Å²) < 4.78 is 36.7. The molecule has 3 aromatic rings. The Bertz CT molecular complexity index is 1210. The van der Waals surface area contributed by atoms with E-state index in [0.717, 1.165) is 22.4 Å². The first-order valence-electron chi connectivity index (χ1n) is 8.88. The summed E-state index contributed by atoms with van der Waals surface area (Å²) in [5.41, 5.74) is 3.43. The van der Waals surface area contributed by atoms with Crippen molar-refractivity contribution in [3.8, 4) is 11.5 Å². The van der Waals surface area contributed by atoms with Gasteiger partial charge in [-0.05, 0) is 84.0 Å². The molecule has 3 aromatic carbocycles. The number of benzene rings is 3. The van der Waals surface area contributed by atoms with Crippen LogP contribution in [0.15, 0.2) is 64.5 Å². The molecule has 0 spiro atoms. The van der Waals surface area contributed by atoms with Gasteiger partial charge in [0.05, 0.1) is 16.4 Å². The average Bonchev–Trinajstić information content (AvgIpc) is 2.70. The van der Waals surface area contributed by atoms with Crippen molar-refractivity contribution in [1.82, 2.24) is 0 Å². The molecule has 0 saturated carbocycles. The Kier molecular flexibility index (Phi) is 7.05. The summed E-state index contributed by atoms with van der Waals surface area (Å²) in [6.45, 7) is 3.83. The molecule has 5 nitrogen and oxygen atoms in total. The van der Waals surface area contributed by atoms with Gasteiger partial charge in [0.2, 0.25) is 0 Å². The lowest BCUT2D eigenvalue weighted by molar-refractivity contribution is 0.389. The second-order valence-electron chi connectivity index (χ2n) is 6.57. The molecule has 0 aliphatic carbocycles. The molecule has 0 N–H and O–H groups in total. The molecule has 156 valence electrons. The van der Waals surface area contributed by atoms with Crippen LogP contribution in [0, 0.1) is 17.4 Å². The van der Waals surface area contributed by atoms with Gasteiger partial charge in [-0.15, -0.1) is 0 Å². The molecular formula is C22H19ClINO4S. The Hall–Kier alpha value is -2.10. The van der Waals surface area contributed by atoms with Crippen molar-refractivity contribution < 1.29 is 17.3 Å². The van der Waals surface area contributed by atoms with E-state index >= 15 is 0 Å². The minimum Gasteiger partial charge on any atom is -0.493 e. The molecule has 0 aliphatic rings. The van der Waals surface area contributed by atoms with E-state index in [1.54, 1.807) is 36.5 Å². The molecule has 3 rings (SSSR count). The predicted molar refractivity (Wildman–Crippen MR) is 128 cm³/mol. The van der Waals surface area contributed by atoms with Crippen molar-refractivity contribution in [1.29, 1.82) is 0 Å². The highest BCUT2D eigenvalue weighted by atomic mass is 127. The summed E-state index contributed by atoms with van der Waals surface area (Å²) in [6, 6.07) is 15.4. The molecule has 0 radical (unpaired) electrons. The van der Waals surface area contributed by atoms with Gasteiger partial charge in [-0.25, -0.2) is 0 Å². The first kappa shape index (κ1) is 22.6. The number of halogens is 2. The molecule has 0 atom stereocenters. The normalized spacial score (nSPS) is 11.6. The second kappa shape index (κ2) is 9.36. The number of hydrogen-bond acceptors (Lipinski definition) is 5. The minimum absolute atomic E-state index is 0.0769. The maximum absolute atomic E-state index is 12.7. The van der Waals surface area contributed by atoms with Crippen LogP contribution >= 0.6 is 34.2 Å². The van der Waals surface area contributed by atoms with Gasteiger partial charge in [0.1, 0.15) is 4.90 Å². The van der Waals surface area contributed by atoms with E-state index in [4.69, 9.17) is 20.5 Å². The number of ether oxygens (including phenoxy) is 1. The fourth-order valence-corrected chi connectivity index (χ4v) is 4.63. The van der Waals surface area contributed by atoms with Crippen molar-refractivity contribution in [2.75, 3.05) is 7.11 Å². The summed E-state index contributed by atoms with van der Waals surface area (Å²) in [5.74, 6) is 0.427. The summed E-state index contributed by atoms with van der Waals surface area (Å²) in [5, 5.41) is 0.602. The number of methoxy groups -OCH3 is 1. The van der Waals surface area contributed by atoms with Crippen molar-refractivity contribution >= 4 is 56.2 Å². The van der Waals surface area contributed by atoms with Gasteiger partial charge < -0.3 is 8.92 Å². The predicted octanol–water partition coefficient (Wildman–Crippen LogP) is 6.09. The van der Waals surface area contributed by atoms with Gasteiger partial charge in [0.15, 0.2) is 11.5 Å². The van der Waals surface area contributed by atoms with Gasteiger partial charge in [0, 0.05) is 11.2 Å². The van der Waals surface area contributed by atoms with Crippen molar-refractivity contribution in [3.63, 3.8) is 0 Å². The molecule has 0 unspecified atom stereocenters. The summed E-state index contributed by atoms with van der Waals surface area (Å²) in [7, 11) is -2.54. The Morgan fingerprint density at radius 2 is 1.73 bits per heavy atom. The third-order valence-electron chi connectivity index (χ3n) is 4.28. The van der Waals surface area contributed by atoms with Crippen LogP contribution in [-0.4, -0.2) is 21.7 Å². The van der Waals surface area contributed by atoms with Gasteiger partial charge >= 0.3 is 10.1 Å². The van der Waals surface area contributed by atoms with Crippen LogP contribution in [0.3, 0.4) is 0 Å². The Morgan fingerprint density at radius 1 is 1.03 bits per heavy atom. The SMILES string of the molecule is COc1cc(C=Nc2cc(Cl)ccc2C)cc(I)c1OS(=O)(=O)c1ccc(C)cc1. The van der Waals surface area contributed by atoms with E-state index in [1.807, 2.05) is 48.6 Å². The lowest BCUT2D eigenvalue weighted by atomic mass is 10.2. The van der Waals surface area contributed by atoms with Crippen LogP contribution in [-0.2, 0) is 10.1 Å². The standard InChI is InChI=1S/C22H19ClINO4S/c1-14-4-8-18(9-5-14)30(26,27)29-22-19(24)10-16(11-21(22)28-3)13-25-20-12-17(23)7-6-15(20)2/h4-13H,1-3H3. The topological polar surface area (TPSA) is 65.0 Å². The van der Waals surface area contributed by atoms with Crippen molar-refractivity contribution in [2.24, 2.45) is 4.99 Å². The average molecular weight is 556 g/mol. The zero-order valence-electron chi connectivity index (χ0n) is 16.5. The highest BCUT2D eigenvalue weighted by molar-refractivity contribution is 14.1.